The molecule has 0 bridgehead atoms. The Hall–Kier alpha value is -1.29. The Morgan fingerprint density at radius 1 is 1.50 bits per heavy atom. The summed E-state index contributed by atoms with van der Waals surface area (Å²) in [6, 6.07) is 5.01. The molecule has 0 radical (unpaired) electrons. The summed E-state index contributed by atoms with van der Waals surface area (Å²) in [4.78, 5) is 4.20. The van der Waals surface area contributed by atoms with E-state index in [2.05, 4.69) is 22.5 Å². The van der Waals surface area contributed by atoms with E-state index >= 15 is 0 Å². The molecule has 0 amide bonds. The van der Waals surface area contributed by atoms with Crippen molar-refractivity contribution >= 4 is 5.69 Å². The minimum absolute atomic E-state index is 0.454. The van der Waals surface area contributed by atoms with E-state index in [-0.39, 0.29) is 0 Å². The van der Waals surface area contributed by atoms with Crippen molar-refractivity contribution in [2.75, 3.05) is 19.0 Å². The van der Waals surface area contributed by atoms with E-state index in [9.17, 15) is 0 Å². The van der Waals surface area contributed by atoms with Crippen molar-refractivity contribution < 1.29 is 4.74 Å². The maximum Gasteiger partial charge on any atom is 0.213 e. The van der Waals surface area contributed by atoms with E-state index in [1.807, 2.05) is 18.3 Å². The number of anilines is 1. The molecule has 0 saturated carbocycles. The second-order valence-corrected chi connectivity index (χ2v) is 5.02. The predicted molar refractivity (Wildman–Crippen MR) is 74.1 cm³/mol. The number of hydrogen-bond acceptors (Lipinski definition) is 4. The van der Waals surface area contributed by atoms with Crippen molar-refractivity contribution in [2.24, 2.45) is 0 Å². The average Bonchev–Trinajstić information content (AvgIpc) is 2.40. The number of hydrogen-bond donors (Lipinski definition) is 2. The molecule has 2 N–H and O–H groups in total. The van der Waals surface area contributed by atoms with Crippen molar-refractivity contribution in [3.05, 3.63) is 18.3 Å². The molecule has 0 aromatic carbocycles. The Morgan fingerprint density at radius 2 is 2.39 bits per heavy atom. The Morgan fingerprint density at radius 3 is 3.00 bits per heavy atom. The van der Waals surface area contributed by atoms with Gasteiger partial charge in [-0.15, -0.1) is 0 Å². The summed E-state index contributed by atoms with van der Waals surface area (Å²) in [6.45, 7) is 3.39. The van der Waals surface area contributed by atoms with Gasteiger partial charge in [-0.25, -0.2) is 4.98 Å². The number of methoxy groups -OCH3 is 1. The van der Waals surface area contributed by atoms with Gasteiger partial charge in [0.2, 0.25) is 5.88 Å². The lowest BCUT2D eigenvalue weighted by atomic mass is 9.99. The van der Waals surface area contributed by atoms with Gasteiger partial charge in [0.15, 0.2) is 0 Å². The minimum atomic E-state index is 0.454. The standard InChI is InChI=1S/C14H23N3O/c1-11(9-12-5-3-4-8-15-12)17-13-6-7-14(18-2)16-10-13/h6-7,10-12,15,17H,3-5,8-9H2,1-2H3. The number of aromatic nitrogens is 1. The highest BCUT2D eigenvalue weighted by Crippen LogP contribution is 2.16. The van der Waals surface area contributed by atoms with Crippen LogP contribution in [0.5, 0.6) is 5.88 Å². The van der Waals surface area contributed by atoms with Crippen LogP contribution in [0.1, 0.15) is 32.6 Å². The number of rotatable bonds is 5. The van der Waals surface area contributed by atoms with Crippen molar-refractivity contribution in [3.63, 3.8) is 0 Å². The normalized spacial score (nSPS) is 21.3. The zero-order valence-corrected chi connectivity index (χ0v) is 11.3. The fourth-order valence-electron chi connectivity index (χ4n) is 2.48. The van der Waals surface area contributed by atoms with Crippen LogP contribution < -0.4 is 15.4 Å². The Kier molecular flexibility index (Phi) is 4.81. The van der Waals surface area contributed by atoms with E-state index in [4.69, 9.17) is 4.74 Å². The van der Waals surface area contributed by atoms with Crippen molar-refractivity contribution in [1.29, 1.82) is 0 Å². The third-order valence-electron chi connectivity index (χ3n) is 3.41. The monoisotopic (exact) mass is 249 g/mol. The van der Waals surface area contributed by atoms with E-state index in [1.54, 1.807) is 7.11 Å². The second-order valence-electron chi connectivity index (χ2n) is 5.02. The topological polar surface area (TPSA) is 46.2 Å². The van der Waals surface area contributed by atoms with Gasteiger partial charge in [0.05, 0.1) is 19.0 Å². The van der Waals surface area contributed by atoms with Crippen LogP contribution in [0.2, 0.25) is 0 Å². The number of pyridine rings is 1. The zero-order chi connectivity index (χ0) is 12.8. The van der Waals surface area contributed by atoms with Crippen molar-refractivity contribution in [2.45, 2.75) is 44.7 Å². The molecule has 1 aromatic rings. The summed E-state index contributed by atoms with van der Waals surface area (Å²) >= 11 is 0. The van der Waals surface area contributed by atoms with E-state index < -0.39 is 0 Å². The Balaban J connectivity index is 1.80. The van der Waals surface area contributed by atoms with Gasteiger partial charge in [-0.3, -0.25) is 0 Å². The Bertz CT molecular complexity index is 347. The molecule has 2 atom stereocenters. The third-order valence-corrected chi connectivity index (χ3v) is 3.41. The molecule has 1 fully saturated rings. The van der Waals surface area contributed by atoms with Crippen molar-refractivity contribution in [3.8, 4) is 5.88 Å². The summed E-state index contributed by atoms with van der Waals surface area (Å²) in [5.74, 6) is 0.655. The molecule has 2 unspecified atom stereocenters. The van der Waals surface area contributed by atoms with Gasteiger partial charge >= 0.3 is 0 Å². The quantitative estimate of drug-likeness (QED) is 0.841. The fourth-order valence-corrected chi connectivity index (χ4v) is 2.48. The molecule has 100 valence electrons. The molecule has 18 heavy (non-hydrogen) atoms. The number of piperidine rings is 1. The smallest absolute Gasteiger partial charge is 0.213 e. The number of nitrogens with one attached hydrogen (secondary N) is 2. The van der Waals surface area contributed by atoms with Gasteiger partial charge in [0.25, 0.3) is 0 Å². The van der Waals surface area contributed by atoms with Gasteiger partial charge in [-0.2, -0.15) is 0 Å². The van der Waals surface area contributed by atoms with E-state index in [0.29, 0.717) is 18.0 Å². The highest BCUT2D eigenvalue weighted by Gasteiger charge is 2.15. The van der Waals surface area contributed by atoms with Gasteiger partial charge in [0.1, 0.15) is 0 Å². The molecule has 1 saturated heterocycles. The molecule has 4 nitrogen and oxygen atoms in total. The summed E-state index contributed by atoms with van der Waals surface area (Å²) < 4.78 is 5.05. The highest BCUT2D eigenvalue weighted by atomic mass is 16.5. The maximum absolute atomic E-state index is 5.05. The molecule has 1 aliphatic rings. The predicted octanol–water partition coefficient (Wildman–Crippen LogP) is 2.42. The molecule has 1 aromatic heterocycles. The van der Waals surface area contributed by atoms with Gasteiger partial charge < -0.3 is 15.4 Å². The zero-order valence-electron chi connectivity index (χ0n) is 11.3. The third kappa shape index (κ3) is 3.88. The number of ether oxygens (including phenoxy) is 1. The van der Waals surface area contributed by atoms with Crippen LogP contribution >= 0.6 is 0 Å². The van der Waals surface area contributed by atoms with Gasteiger partial charge in [0, 0.05) is 18.2 Å². The SMILES string of the molecule is COc1ccc(NC(C)CC2CCCCN2)cn1. The largest absolute Gasteiger partial charge is 0.481 e. The molecule has 0 spiro atoms. The van der Waals surface area contributed by atoms with Gasteiger partial charge in [-0.1, -0.05) is 6.42 Å². The molecule has 2 heterocycles. The molecule has 1 aliphatic heterocycles. The fraction of sp³-hybridized carbons (Fsp3) is 0.643. The first-order valence-electron chi connectivity index (χ1n) is 6.78. The highest BCUT2D eigenvalue weighted by molar-refractivity contribution is 5.42. The first-order valence-corrected chi connectivity index (χ1v) is 6.78. The molecule has 4 heteroatoms. The van der Waals surface area contributed by atoms with Crippen LogP contribution in [0, 0.1) is 0 Å². The number of nitrogens with zero attached hydrogens (tertiary/aromatic N) is 1. The van der Waals surface area contributed by atoms with Crippen molar-refractivity contribution in [1.82, 2.24) is 10.3 Å². The molecule has 0 aliphatic carbocycles. The van der Waals surface area contributed by atoms with Crippen LogP contribution in [0.4, 0.5) is 5.69 Å². The summed E-state index contributed by atoms with van der Waals surface area (Å²) in [5.41, 5.74) is 1.05. The lowest BCUT2D eigenvalue weighted by Gasteiger charge is -2.27. The van der Waals surface area contributed by atoms with Gasteiger partial charge in [-0.05, 0) is 38.8 Å². The van der Waals surface area contributed by atoms with Crippen LogP contribution in [0.3, 0.4) is 0 Å². The summed E-state index contributed by atoms with van der Waals surface area (Å²) in [5, 5.41) is 7.06. The van der Waals surface area contributed by atoms with Crippen LogP contribution in [0.25, 0.3) is 0 Å². The van der Waals surface area contributed by atoms with Crippen LogP contribution in [0.15, 0.2) is 18.3 Å². The minimum Gasteiger partial charge on any atom is -0.481 e. The summed E-state index contributed by atoms with van der Waals surface area (Å²) in [7, 11) is 1.63. The van der Waals surface area contributed by atoms with Crippen LogP contribution in [-0.2, 0) is 0 Å². The first-order chi connectivity index (χ1) is 8.78. The maximum atomic E-state index is 5.05. The summed E-state index contributed by atoms with van der Waals surface area (Å²) in [6.07, 6.45) is 6.96. The van der Waals surface area contributed by atoms with Crippen LogP contribution in [-0.4, -0.2) is 30.7 Å². The molecular weight excluding hydrogens is 226 g/mol. The first kappa shape index (κ1) is 13.1. The lowest BCUT2D eigenvalue weighted by Crippen LogP contribution is -2.37. The Labute approximate surface area is 109 Å². The van der Waals surface area contributed by atoms with E-state index in [0.717, 1.165) is 12.1 Å². The average molecular weight is 249 g/mol. The molecular formula is C14H23N3O. The van der Waals surface area contributed by atoms with E-state index in [1.165, 1.54) is 25.8 Å². The molecule has 2 rings (SSSR count). The second kappa shape index (κ2) is 6.59. The lowest BCUT2D eigenvalue weighted by molar-refractivity contribution is 0.371.